The lowest BCUT2D eigenvalue weighted by Crippen LogP contribution is -2.52. The zero-order valence-corrected chi connectivity index (χ0v) is 11.3. The zero-order chi connectivity index (χ0) is 14.8. The molecule has 1 aliphatic rings. The van der Waals surface area contributed by atoms with Crippen LogP contribution in [0.2, 0.25) is 0 Å². The highest BCUT2D eigenvalue weighted by atomic mass is 16.6. The van der Waals surface area contributed by atoms with Gasteiger partial charge in [-0.15, -0.1) is 0 Å². The lowest BCUT2D eigenvalue weighted by Gasteiger charge is -2.36. The predicted octanol–water partition coefficient (Wildman–Crippen LogP) is 1.17. The highest BCUT2D eigenvalue weighted by Crippen LogP contribution is 2.25. The Hall–Kier alpha value is -1.79. The molecule has 0 spiro atoms. The van der Waals surface area contributed by atoms with E-state index in [2.05, 4.69) is 0 Å². The third-order valence-corrected chi connectivity index (χ3v) is 2.86. The minimum absolute atomic E-state index is 0.0723. The molecule has 0 aromatic heterocycles. The average Bonchev–Trinajstić information content (AvgIpc) is 2.25. The van der Waals surface area contributed by atoms with Gasteiger partial charge in [0.15, 0.2) is 0 Å². The van der Waals surface area contributed by atoms with Crippen molar-refractivity contribution in [2.24, 2.45) is 5.92 Å². The van der Waals surface area contributed by atoms with Crippen molar-refractivity contribution >= 4 is 18.0 Å². The highest BCUT2D eigenvalue weighted by Gasteiger charge is 2.40. The van der Waals surface area contributed by atoms with Gasteiger partial charge in [-0.05, 0) is 33.6 Å². The third-order valence-electron chi connectivity index (χ3n) is 2.86. The van der Waals surface area contributed by atoms with Gasteiger partial charge >= 0.3 is 18.0 Å². The van der Waals surface area contributed by atoms with Crippen LogP contribution in [0.1, 0.15) is 33.6 Å². The molecule has 0 aliphatic carbocycles. The molecule has 0 bridgehead atoms. The van der Waals surface area contributed by atoms with Crippen LogP contribution in [0.4, 0.5) is 4.79 Å². The fraction of sp³-hybridized carbons (Fsp3) is 0.750. The lowest BCUT2D eigenvalue weighted by atomic mass is 9.91. The summed E-state index contributed by atoms with van der Waals surface area (Å²) in [6.45, 7) is 5.13. The molecule has 1 rings (SSSR count). The standard InChI is InChI=1S/C12H19NO6/c1-12(2,3)19-11(18)13-5-4-7(9(14)15)6-8(13)10(16)17/h7-8H,4-6H2,1-3H3,(H,14,15)(H,16,17). The van der Waals surface area contributed by atoms with Crippen LogP contribution in [-0.4, -0.2) is 51.3 Å². The summed E-state index contributed by atoms with van der Waals surface area (Å²) in [6.07, 6.45) is -0.578. The molecule has 1 fully saturated rings. The second kappa shape index (κ2) is 5.46. The number of aliphatic carboxylic acids is 2. The van der Waals surface area contributed by atoms with Crippen LogP contribution in [0.3, 0.4) is 0 Å². The van der Waals surface area contributed by atoms with Crippen LogP contribution >= 0.6 is 0 Å². The van der Waals surface area contributed by atoms with Crippen molar-refractivity contribution in [3.8, 4) is 0 Å². The van der Waals surface area contributed by atoms with Crippen molar-refractivity contribution in [2.45, 2.75) is 45.3 Å². The minimum Gasteiger partial charge on any atom is -0.481 e. The molecule has 1 heterocycles. The van der Waals surface area contributed by atoms with E-state index in [1.165, 1.54) is 0 Å². The number of ether oxygens (including phenoxy) is 1. The van der Waals surface area contributed by atoms with Gasteiger partial charge < -0.3 is 14.9 Å². The summed E-state index contributed by atoms with van der Waals surface area (Å²) in [5.74, 6) is -2.98. The molecule has 0 saturated carbocycles. The molecule has 19 heavy (non-hydrogen) atoms. The van der Waals surface area contributed by atoms with Crippen LogP contribution in [0, 0.1) is 5.92 Å². The molecule has 1 amide bonds. The van der Waals surface area contributed by atoms with Crippen LogP contribution in [0.25, 0.3) is 0 Å². The number of likely N-dealkylation sites (tertiary alicyclic amines) is 1. The van der Waals surface area contributed by atoms with E-state index in [0.29, 0.717) is 0 Å². The van der Waals surface area contributed by atoms with Gasteiger partial charge in [-0.3, -0.25) is 9.69 Å². The fourth-order valence-electron chi connectivity index (χ4n) is 1.96. The summed E-state index contributed by atoms with van der Waals surface area (Å²) in [5, 5.41) is 18.0. The van der Waals surface area contributed by atoms with Crippen molar-refractivity contribution < 1.29 is 29.3 Å². The first kappa shape index (κ1) is 15.3. The van der Waals surface area contributed by atoms with Gasteiger partial charge in [-0.25, -0.2) is 9.59 Å². The van der Waals surface area contributed by atoms with Gasteiger partial charge in [0.2, 0.25) is 0 Å². The van der Waals surface area contributed by atoms with Crippen molar-refractivity contribution in [1.82, 2.24) is 4.90 Å². The summed E-state index contributed by atoms with van der Waals surface area (Å²) in [6, 6.07) is -1.15. The van der Waals surface area contributed by atoms with Gasteiger partial charge in [-0.2, -0.15) is 0 Å². The molecular formula is C12H19NO6. The van der Waals surface area contributed by atoms with Crippen molar-refractivity contribution in [3.63, 3.8) is 0 Å². The van der Waals surface area contributed by atoms with Gasteiger partial charge in [0.1, 0.15) is 11.6 Å². The smallest absolute Gasteiger partial charge is 0.411 e. The molecule has 0 aromatic rings. The predicted molar refractivity (Wildman–Crippen MR) is 64.7 cm³/mol. The van der Waals surface area contributed by atoms with Crippen LogP contribution in [-0.2, 0) is 14.3 Å². The van der Waals surface area contributed by atoms with E-state index in [1.54, 1.807) is 20.8 Å². The Kier molecular flexibility index (Phi) is 4.39. The Morgan fingerprint density at radius 2 is 1.74 bits per heavy atom. The Bertz CT molecular complexity index is 386. The first-order valence-electron chi connectivity index (χ1n) is 6.07. The number of piperidine rings is 1. The largest absolute Gasteiger partial charge is 0.481 e. The number of hydrogen-bond donors (Lipinski definition) is 2. The molecule has 2 unspecified atom stereocenters. The fourth-order valence-corrected chi connectivity index (χ4v) is 1.96. The maximum absolute atomic E-state index is 11.9. The van der Waals surface area contributed by atoms with Crippen molar-refractivity contribution in [3.05, 3.63) is 0 Å². The molecule has 0 aromatic carbocycles. The van der Waals surface area contributed by atoms with Gasteiger partial charge in [-0.1, -0.05) is 0 Å². The Morgan fingerprint density at radius 1 is 1.16 bits per heavy atom. The topological polar surface area (TPSA) is 104 Å². The second-order valence-electron chi connectivity index (χ2n) is 5.59. The summed E-state index contributed by atoms with van der Waals surface area (Å²) in [7, 11) is 0. The first-order chi connectivity index (χ1) is 8.61. The monoisotopic (exact) mass is 273 g/mol. The van der Waals surface area contributed by atoms with E-state index in [9.17, 15) is 14.4 Å². The Balaban J connectivity index is 2.80. The summed E-state index contributed by atoms with van der Waals surface area (Å²) < 4.78 is 5.13. The minimum atomic E-state index is -1.21. The molecule has 2 N–H and O–H groups in total. The van der Waals surface area contributed by atoms with E-state index < -0.39 is 35.6 Å². The normalized spacial score (nSPS) is 23.8. The van der Waals surface area contributed by atoms with Crippen LogP contribution in [0.15, 0.2) is 0 Å². The number of carbonyl (C=O) groups excluding carboxylic acids is 1. The molecule has 7 heteroatoms. The lowest BCUT2D eigenvalue weighted by molar-refractivity contribution is -0.150. The van der Waals surface area contributed by atoms with E-state index in [-0.39, 0.29) is 19.4 Å². The third kappa shape index (κ3) is 4.11. The molecule has 108 valence electrons. The molecule has 7 nitrogen and oxygen atoms in total. The highest BCUT2D eigenvalue weighted by molar-refractivity contribution is 5.82. The maximum Gasteiger partial charge on any atom is 0.411 e. The molecule has 0 radical (unpaired) electrons. The Labute approximate surface area is 111 Å². The average molecular weight is 273 g/mol. The first-order valence-corrected chi connectivity index (χ1v) is 6.07. The van der Waals surface area contributed by atoms with Crippen molar-refractivity contribution in [2.75, 3.05) is 6.54 Å². The molecule has 1 aliphatic heterocycles. The molecule has 1 saturated heterocycles. The number of carboxylic acids is 2. The van der Waals surface area contributed by atoms with Crippen LogP contribution in [0.5, 0.6) is 0 Å². The Morgan fingerprint density at radius 3 is 2.16 bits per heavy atom. The number of carboxylic acid groups (broad SMARTS) is 2. The van der Waals surface area contributed by atoms with Gasteiger partial charge in [0.25, 0.3) is 0 Å². The second-order valence-corrected chi connectivity index (χ2v) is 5.59. The SMILES string of the molecule is CC(C)(C)OC(=O)N1CCC(C(=O)O)CC1C(=O)O. The van der Waals surface area contributed by atoms with Gasteiger partial charge in [0.05, 0.1) is 5.92 Å². The number of rotatable bonds is 2. The van der Waals surface area contributed by atoms with Gasteiger partial charge in [0, 0.05) is 6.54 Å². The van der Waals surface area contributed by atoms with E-state index in [4.69, 9.17) is 14.9 Å². The molecule has 2 atom stereocenters. The van der Waals surface area contributed by atoms with E-state index in [1.807, 2.05) is 0 Å². The number of carbonyl (C=O) groups is 3. The number of hydrogen-bond acceptors (Lipinski definition) is 4. The summed E-state index contributed by atoms with van der Waals surface area (Å²) in [5.41, 5.74) is -0.718. The quantitative estimate of drug-likeness (QED) is 0.782. The number of amides is 1. The van der Waals surface area contributed by atoms with Crippen molar-refractivity contribution in [1.29, 1.82) is 0 Å². The summed E-state index contributed by atoms with van der Waals surface area (Å²) >= 11 is 0. The zero-order valence-electron chi connectivity index (χ0n) is 11.3. The van der Waals surface area contributed by atoms with E-state index >= 15 is 0 Å². The van der Waals surface area contributed by atoms with Crippen LogP contribution < -0.4 is 0 Å². The maximum atomic E-state index is 11.9. The van der Waals surface area contributed by atoms with E-state index in [0.717, 1.165) is 4.90 Å². The summed E-state index contributed by atoms with van der Waals surface area (Å²) in [4.78, 5) is 35.0. The molecular weight excluding hydrogens is 254 g/mol. The number of nitrogens with zero attached hydrogens (tertiary/aromatic N) is 1.